The summed E-state index contributed by atoms with van der Waals surface area (Å²) in [5, 5.41) is 4.02. The second kappa shape index (κ2) is 9.99. The van der Waals surface area contributed by atoms with E-state index in [1.807, 2.05) is 24.3 Å². The molecule has 29 heavy (non-hydrogen) atoms. The summed E-state index contributed by atoms with van der Waals surface area (Å²) < 4.78 is 31.8. The number of nitrogens with zero attached hydrogens (tertiary/aromatic N) is 1. The highest BCUT2D eigenvalue weighted by Crippen LogP contribution is 2.18. The average molecular weight is 421 g/mol. The molecule has 0 saturated heterocycles. The second-order valence-corrected chi connectivity index (χ2v) is 8.15. The SMILES string of the molecule is CN(C)C(=O)CNC(=O)COC(=O)CCNS(=O)(=O)c1ccc2ccccc2c1. The van der Waals surface area contributed by atoms with E-state index in [1.165, 1.54) is 11.0 Å². The standard InChI is InChI=1S/C19H23N3O6S/c1-22(2)18(24)12-20-17(23)13-28-19(25)9-10-21-29(26,27)16-8-7-14-5-3-4-6-15(14)11-16/h3-8,11,21H,9-10,12-13H2,1-2H3,(H,20,23). The van der Waals surface area contributed by atoms with Crippen molar-refractivity contribution in [1.82, 2.24) is 14.9 Å². The monoisotopic (exact) mass is 421 g/mol. The van der Waals surface area contributed by atoms with E-state index in [2.05, 4.69) is 10.0 Å². The van der Waals surface area contributed by atoms with E-state index in [4.69, 9.17) is 4.74 Å². The lowest BCUT2D eigenvalue weighted by Gasteiger charge is -2.11. The van der Waals surface area contributed by atoms with E-state index in [-0.39, 0.29) is 30.3 Å². The lowest BCUT2D eigenvalue weighted by atomic mass is 10.1. The van der Waals surface area contributed by atoms with Crippen LogP contribution in [0.25, 0.3) is 10.8 Å². The van der Waals surface area contributed by atoms with Gasteiger partial charge in [-0.1, -0.05) is 30.3 Å². The first-order valence-electron chi connectivity index (χ1n) is 8.80. The lowest BCUT2D eigenvalue weighted by molar-refractivity contribution is -0.148. The first-order valence-corrected chi connectivity index (χ1v) is 10.3. The molecule has 0 aromatic heterocycles. The van der Waals surface area contributed by atoms with Gasteiger partial charge in [0.25, 0.3) is 5.91 Å². The molecule has 2 aromatic carbocycles. The van der Waals surface area contributed by atoms with E-state index in [1.54, 1.807) is 26.2 Å². The molecule has 0 spiro atoms. The molecule has 156 valence electrons. The zero-order chi connectivity index (χ0) is 21.4. The van der Waals surface area contributed by atoms with Crippen molar-refractivity contribution in [3.63, 3.8) is 0 Å². The Kier molecular flexibility index (Phi) is 7.68. The number of nitrogens with one attached hydrogen (secondary N) is 2. The molecular weight excluding hydrogens is 398 g/mol. The quantitative estimate of drug-likeness (QED) is 0.560. The van der Waals surface area contributed by atoms with Crippen molar-refractivity contribution in [1.29, 1.82) is 0 Å². The summed E-state index contributed by atoms with van der Waals surface area (Å²) in [5.41, 5.74) is 0. The summed E-state index contributed by atoms with van der Waals surface area (Å²) in [6.45, 7) is -0.916. The largest absolute Gasteiger partial charge is 0.456 e. The number of esters is 1. The van der Waals surface area contributed by atoms with E-state index >= 15 is 0 Å². The molecule has 0 aliphatic heterocycles. The number of sulfonamides is 1. The van der Waals surface area contributed by atoms with Crippen LogP contribution in [0, 0.1) is 0 Å². The third-order valence-electron chi connectivity index (χ3n) is 3.95. The highest BCUT2D eigenvalue weighted by Gasteiger charge is 2.16. The number of hydrogen-bond acceptors (Lipinski definition) is 6. The molecular formula is C19H23N3O6S. The van der Waals surface area contributed by atoms with Crippen LogP contribution in [0.4, 0.5) is 0 Å². The van der Waals surface area contributed by atoms with Crippen LogP contribution in [0.1, 0.15) is 6.42 Å². The fraction of sp³-hybridized carbons (Fsp3) is 0.316. The Morgan fingerprint density at radius 2 is 1.72 bits per heavy atom. The lowest BCUT2D eigenvalue weighted by Crippen LogP contribution is -2.38. The zero-order valence-electron chi connectivity index (χ0n) is 16.2. The molecule has 2 amide bonds. The number of likely N-dealkylation sites (N-methyl/N-ethyl adjacent to an activating group) is 1. The van der Waals surface area contributed by atoms with Crippen molar-refractivity contribution in [2.75, 3.05) is 33.8 Å². The van der Waals surface area contributed by atoms with Crippen LogP contribution < -0.4 is 10.0 Å². The Morgan fingerprint density at radius 1 is 1.03 bits per heavy atom. The van der Waals surface area contributed by atoms with E-state index in [0.29, 0.717) is 0 Å². The number of hydrogen-bond donors (Lipinski definition) is 2. The number of carbonyl (C=O) groups excluding carboxylic acids is 3. The van der Waals surface area contributed by atoms with Crippen molar-refractivity contribution >= 4 is 38.6 Å². The fourth-order valence-electron chi connectivity index (χ4n) is 2.31. The molecule has 0 atom stereocenters. The van der Waals surface area contributed by atoms with Crippen molar-refractivity contribution in [3.05, 3.63) is 42.5 Å². The molecule has 0 aliphatic carbocycles. The Balaban J connectivity index is 1.77. The minimum Gasteiger partial charge on any atom is -0.456 e. The topological polar surface area (TPSA) is 122 Å². The molecule has 2 aromatic rings. The Labute approximate surface area is 169 Å². The minimum atomic E-state index is -3.78. The van der Waals surface area contributed by atoms with E-state index < -0.39 is 28.5 Å². The normalized spacial score (nSPS) is 11.1. The van der Waals surface area contributed by atoms with Gasteiger partial charge in [-0.3, -0.25) is 14.4 Å². The summed E-state index contributed by atoms with van der Waals surface area (Å²) in [5.74, 6) is -1.65. The molecule has 0 radical (unpaired) electrons. The summed E-state index contributed by atoms with van der Waals surface area (Å²) in [6, 6.07) is 12.1. The predicted molar refractivity (Wildman–Crippen MR) is 106 cm³/mol. The van der Waals surface area contributed by atoms with Gasteiger partial charge in [0.15, 0.2) is 6.61 Å². The van der Waals surface area contributed by atoms with Crippen molar-refractivity contribution < 1.29 is 27.5 Å². The number of rotatable bonds is 9. The van der Waals surface area contributed by atoms with Gasteiger partial charge in [-0.2, -0.15) is 0 Å². The van der Waals surface area contributed by atoms with Gasteiger partial charge >= 0.3 is 5.97 Å². The molecule has 0 unspecified atom stereocenters. The molecule has 2 N–H and O–H groups in total. The van der Waals surface area contributed by atoms with Crippen LogP contribution in [0.2, 0.25) is 0 Å². The summed E-state index contributed by atoms with van der Waals surface area (Å²) >= 11 is 0. The van der Waals surface area contributed by atoms with Crippen LogP contribution in [0.5, 0.6) is 0 Å². The van der Waals surface area contributed by atoms with Gasteiger partial charge in [0.05, 0.1) is 17.9 Å². The number of amides is 2. The van der Waals surface area contributed by atoms with Gasteiger partial charge in [-0.25, -0.2) is 13.1 Å². The molecule has 10 heteroatoms. The highest BCUT2D eigenvalue weighted by atomic mass is 32.2. The third kappa shape index (κ3) is 6.84. The first-order chi connectivity index (χ1) is 13.7. The van der Waals surface area contributed by atoms with Crippen molar-refractivity contribution in [3.8, 4) is 0 Å². The Morgan fingerprint density at radius 3 is 2.41 bits per heavy atom. The molecule has 0 fully saturated rings. The summed E-state index contributed by atoms with van der Waals surface area (Å²) in [7, 11) is -0.686. The molecule has 9 nitrogen and oxygen atoms in total. The third-order valence-corrected chi connectivity index (χ3v) is 5.41. The van der Waals surface area contributed by atoms with Crippen molar-refractivity contribution in [2.24, 2.45) is 0 Å². The fourth-order valence-corrected chi connectivity index (χ4v) is 3.37. The van der Waals surface area contributed by atoms with Crippen LogP contribution in [-0.2, 0) is 29.1 Å². The number of benzene rings is 2. The molecule has 0 heterocycles. The van der Waals surface area contributed by atoms with E-state index in [0.717, 1.165) is 10.8 Å². The second-order valence-electron chi connectivity index (χ2n) is 6.38. The van der Waals surface area contributed by atoms with Gasteiger partial charge in [0.1, 0.15) is 0 Å². The summed E-state index contributed by atoms with van der Waals surface area (Å²) in [6.07, 6.45) is -0.239. The predicted octanol–water partition coefficient (Wildman–Crippen LogP) is 0.256. The Bertz CT molecular complexity index is 1000. The van der Waals surface area contributed by atoms with Gasteiger partial charge in [0.2, 0.25) is 15.9 Å². The van der Waals surface area contributed by atoms with Crippen LogP contribution in [0.3, 0.4) is 0 Å². The summed E-state index contributed by atoms with van der Waals surface area (Å²) in [4.78, 5) is 36.0. The molecule has 0 bridgehead atoms. The molecule has 0 aliphatic rings. The van der Waals surface area contributed by atoms with Crippen LogP contribution in [0.15, 0.2) is 47.4 Å². The Hall–Kier alpha value is -2.98. The maximum Gasteiger partial charge on any atom is 0.307 e. The molecule has 0 saturated carbocycles. The van der Waals surface area contributed by atoms with E-state index in [9.17, 15) is 22.8 Å². The maximum atomic E-state index is 12.4. The number of ether oxygens (including phenoxy) is 1. The maximum absolute atomic E-state index is 12.4. The minimum absolute atomic E-state index is 0.0921. The van der Waals surface area contributed by atoms with Crippen LogP contribution in [-0.4, -0.2) is 64.9 Å². The van der Waals surface area contributed by atoms with Crippen molar-refractivity contribution in [2.45, 2.75) is 11.3 Å². The van der Waals surface area contributed by atoms with Gasteiger partial charge in [-0.05, 0) is 22.9 Å². The number of fused-ring (bicyclic) bond motifs is 1. The first kappa shape index (κ1) is 22.3. The zero-order valence-corrected chi connectivity index (χ0v) is 17.0. The van der Waals surface area contributed by atoms with Gasteiger partial charge in [-0.15, -0.1) is 0 Å². The van der Waals surface area contributed by atoms with Gasteiger partial charge < -0.3 is 15.0 Å². The van der Waals surface area contributed by atoms with Gasteiger partial charge in [0, 0.05) is 20.6 Å². The highest BCUT2D eigenvalue weighted by molar-refractivity contribution is 7.89. The smallest absolute Gasteiger partial charge is 0.307 e. The number of carbonyl (C=O) groups is 3. The average Bonchev–Trinajstić information content (AvgIpc) is 2.69. The van der Waals surface area contributed by atoms with Crippen LogP contribution >= 0.6 is 0 Å². The molecule has 2 rings (SSSR count).